The highest BCUT2D eigenvalue weighted by atomic mass is 16.2. The molecule has 2 unspecified atom stereocenters. The van der Waals surface area contributed by atoms with Crippen LogP contribution in [-0.4, -0.2) is 95.6 Å². The molecule has 3 rings (SSSR count). The first kappa shape index (κ1) is 15.1. The van der Waals surface area contributed by atoms with E-state index >= 15 is 0 Å². The Labute approximate surface area is 128 Å². The third kappa shape index (κ3) is 2.32. The fourth-order valence-electron chi connectivity index (χ4n) is 3.40. The van der Waals surface area contributed by atoms with Crippen LogP contribution in [0.15, 0.2) is 0 Å². The van der Waals surface area contributed by atoms with Crippen molar-refractivity contribution in [2.75, 3.05) is 40.3 Å². The Morgan fingerprint density at radius 2 is 1.00 bits per heavy atom. The number of hydrogen-bond donors (Lipinski definition) is 0. The Hall–Kier alpha value is -1.80. The van der Waals surface area contributed by atoms with E-state index in [9.17, 15) is 19.2 Å². The largest absolute Gasteiger partial charge is 0.289 e. The van der Waals surface area contributed by atoms with Crippen molar-refractivity contribution in [1.82, 2.24) is 19.6 Å². The number of rotatable bonds is 2. The molecule has 8 nitrogen and oxygen atoms in total. The molecular weight excluding hydrogens is 288 g/mol. The van der Waals surface area contributed by atoms with E-state index in [4.69, 9.17) is 0 Å². The number of likely N-dealkylation sites (N-methyl/N-ethyl adjacent to an activating group) is 2. The summed E-state index contributed by atoms with van der Waals surface area (Å²) in [6.45, 7) is 2.50. The van der Waals surface area contributed by atoms with Crippen molar-refractivity contribution in [3.8, 4) is 0 Å². The molecule has 120 valence electrons. The molecule has 4 amide bonds. The second-order valence-corrected chi connectivity index (χ2v) is 6.09. The number of nitrogens with zero attached hydrogens (tertiary/aromatic N) is 4. The fourth-order valence-corrected chi connectivity index (χ4v) is 3.40. The second kappa shape index (κ2) is 5.44. The molecule has 0 aromatic carbocycles. The van der Waals surface area contributed by atoms with Gasteiger partial charge >= 0.3 is 0 Å². The Morgan fingerprint density at radius 3 is 1.23 bits per heavy atom. The molecule has 3 saturated heterocycles. The lowest BCUT2D eigenvalue weighted by atomic mass is 10.1. The number of hydrogen-bond acceptors (Lipinski definition) is 6. The standard InChI is InChI=1S/C14H20N4O4/c1-15-11(19)7-9(13(15)21)17-3-5-18(6-4-17)10-8-12(20)16(2)14(10)22/h9-10H,3-8H2,1-2H3. The summed E-state index contributed by atoms with van der Waals surface area (Å²) in [5, 5.41) is 0. The zero-order valence-corrected chi connectivity index (χ0v) is 12.8. The first-order valence-electron chi connectivity index (χ1n) is 7.49. The van der Waals surface area contributed by atoms with E-state index in [1.807, 2.05) is 9.80 Å². The van der Waals surface area contributed by atoms with Crippen LogP contribution < -0.4 is 0 Å². The first-order valence-corrected chi connectivity index (χ1v) is 7.49. The maximum atomic E-state index is 12.0. The van der Waals surface area contributed by atoms with E-state index in [-0.39, 0.29) is 48.6 Å². The summed E-state index contributed by atoms with van der Waals surface area (Å²) in [5.74, 6) is -0.582. The predicted molar refractivity (Wildman–Crippen MR) is 75.5 cm³/mol. The van der Waals surface area contributed by atoms with Crippen LogP contribution in [0.4, 0.5) is 0 Å². The summed E-state index contributed by atoms with van der Waals surface area (Å²) < 4.78 is 0. The lowest BCUT2D eigenvalue weighted by Gasteiger charge is -2.38. The number of carbonyl (C=O) groups is 4. The average Bonchev–Trinajstić information content (AvgIpc) is 2.92. The van der Waals surface area contributed by atoms with Crippen LogP contribution in [0.3, 0.4) is 0 Å². The number of likely N-dealkylation sites (tertiary alicyclic amines) is 2. The highest BCUT2D eigenvalue weighted by Gasteiger charge is 2.44. The third-order valence-electron chi connectivity index (χ3n) is 4.95. The highest BCUT2D eigenvalue weighted by Crippen LogP contribution is 2.22. The van der Waals surface area contributed by atoms with Gasteiger partial charge in [0.2, 0.25) is 23.6 Å². The molecule has 3 heterocycles. The van der Waals surface area contributed by atoms with Gasteiger partial charge in [0.25, 0.3) is 0 Å². The van der Waals surface area contributed by atoms with Gasteiger partial charge in [-0.2, -0.15) is 0 Å². The number of amides is 4. The molecule has 0 radical (unpaired) electrons. The summed E-state index contributed by atoms with van der Waals surface area (Å²) in [6.07, 6.45) is 0.470. The minimum atomic E-state index is -0.372. The summed E-state index contributed by atoms with van der Waals surface area (Å²) in [5.41, 5.74) is 0. The van der Waals surface area contributed by atoms with E-state index in [0.717, 1.165) is 0 Å². The van der Waals surface area contributed by atoms with Crippen molar-refractivity contribution in [3.63, 3.8) is 0 Å². The SMILES string of the molecule is CN1C(=O)CC(N2CCN(C3CC(=O)N(C)C3=O)CC2)C1=O. The van der Waals surface area contributed by atoms with Gasteiger partial charge < -0.3 is 0 Å². The van der Waals surface area contributed by atoms with Crippen molar-refractivity contribution >= 4 is 23.6 Å². The minimum Gasteiger partial charge on any atom is -0.289 e. The monoisotopic (exact) mass is 308 g/mol. The molecule has 0 aromatic rings. The fraction of sp³-hybridized carbons (Fsp3) is 0.714. The molecule has 0 saturated carbocycles. The Bertz CT molecular complexity index is 493. The first-order chi connectivity index (χ1) is 10.4. The van der Waals surface area contributed by atoms with E-state index in [1.54, 1.807) is 0 Å². The molecule has 3 aliphatic heterocycles. The number of piperazine rings is 1. The lowest BCUT2D eigenvalue weighted by molar-refractivity contribution is -0.140. The molecule has 0 aliphatic carbocycles. The Kier molecular flexibility index (Phi) is 3.73. The van der Waals surface area contributed by atoms with Crippen LogP contribution in [0.5, 0.6) is 0 Å². The second-order valence-electron chi connectivity index (χ2n) is 6.09. The van der Waals surface area contributed by atoms with Crippen LogP contribution in [0.25, 0.3) is 0 Å². The van der Waals surface area contributed by atoms with Crippen LogP contribution in [-0.2, 0) is 19.2 Å². The normalized spacial score (nSPS) is 31.7. The van der Waals surface area contributed by atoms with Gasteiger partial charge in [0, 0.05) is 40.3 Å². The van der Waals surface area contributed by atoms with Gasteiger partial charge in [-0.1, -0.05) is 0 Å². The van der Waals surface area contributed by atoms with Crippen molar-refractivity contribution in [2.24, 2.45) is 0 Å². The third-order valence-corrected chi connectivity index (χ3v) is 4.95. The quantitative estimate of drug-likeness (QED) is 0.555. The summed E-state index contributed by atoms with van der Waals surface area (Å²) >= 11 is 0. The summed E-state index contributed by atoms with van der Waals surface area (Å²) in [4.78, 5) is 53.7. The molecule has 0 aromatic heterocycles. The van der Waals surface area contributed by atoms with Gasteiger partial charge in [-0.25, -0.2) is 0 Å². The average molecular weight is 308 g/mol. The Morgan fingerprint density at radius 1 is 0.682 bits per heavy atom. The van der Waals surface area contributed by atoms with Gasteiger partial charge in [0.15, 0.2) is 0 Å². The maximum Gasteiger partial charge on any atom is 0.246 e. The van der Waals surface area contributed by atoms with Gasteiger partial charge in [0.05, 0.1) is 24.9 Å². The summed E-state index contributed by atoms with van der Waals surface area (Å²) in [7, 11) is 3.03. The minimum absolute atomic E-state index is 0.143. The molecule has 3 fully saturated rings. The molecule has 0 bridgehead atoms. The molecule has 3 aliphatic rings. The van der Waals surface area contributed by atoms with Gasteiger partial charge in [-0.05, 0) is 0 Å². The van der Waals surface area contributed by atoms with Crippen LogP contribution in [0.2, 0.25) is 0 Å². The topological polar surface area (TPSA) is 81.2 Å². The summed E-state index contributed by atoms with van der Waals surface area (Å²) in [6, 6.07) is -0.744. The van der Waals surface area contributed by atoms with Crippen molar-refractivity contribution in [1.29, 1.82) is 0 Å². The lowest BCUT2D eigenvalue weighted by Crippen LogP contribution is -2.55. The van der Waals surface area contributed by atoms with Gasteiger partial charge in [0.1, 0.15) is 0 Å². The zero-order chi connectivity index (χ0) is 16.0. The number of carbonyl (C=O) groups excluding carboxylic acids is 4. The highest BCUT2D eigenvalue weighted by molar-refractivity contribution is 6.05. The predicted octanol–water partition coefficient (Wildman–Crippen LogP) is -1.88. The van der Waals surface area contributed by atoms with Crippen molar-refractivity contribution in [3.05, 3.63) is 0 Å². The smallest absolute Gasteiger partial charge is 0.246 e. The van der Waals surface area contributed by atoms with Crippen LogP contribution >= 0.6 is 0 Å². The molecule has 0 N–H and O–H groups in total. The van der Waals surface area contributed by atoms with E-state index in [1.165, 1.54) is 23.9 Å². The molecule has 8 heteroatoms. The van der Waals surface area contributed by atoms with Crippen LogP contribution in [0.1, 0.15) is 12.8 Å². The maximum absolute atomic E-state index is 12.0. The van der Waals surface area contributed by atoms with Gasteiger partial charge in [-0.15, -0.1) is 0 Å². The van der Waals surface area contributed by atoms with Crippen molar-refractivity contribution < 1.29 is 19.2 Å². The van der Waals surface area contributed by atoms with Crippen LogP contribution in [0, 0.1) is 0 Å². The number of imide groups is 2. The Balaban J connectivity index is 1.60. The molecule has 2 atom stereocenters. The van der Waals surface area contributed by atoms with E-state index in [0.29, 0.717) is 26.2 Å². The molecular formula is C14H20N4O4. The van der Waals surface area contributed by atoms with Crippen molar-refractivity contribution in [2.45, 2.75) is 24.9 Å². The molecule has 22 heavy (non-hydrogen) atoms. The zero-order valence-electron chi connectivity index (χ0n) is 12.8. The van der Waals surface area contributed by atoms with E-state index in [2.05, 4.69) is 0 Å². The van der Waals surface area contributed by atoms with E-state index < -0.39 is 0 Å². The van der Waals surface area contributed by atoms with Gasteiger partial charge in [-0.3, -0.25) is 38.8 Å². The molecule has 0 spiro atoms.